The number of anilines is 1. The summed E-state index contributed by atoms with van der Waals surface area (Å²) in [6.07, 6.45) is 3.28. The summed E-state index contributed by atoms with van der Waals surface area (Å²) in [5, 5.41) is 2.71. The molecule has 0 fully saturated rings. The van der Waals surface area contributed by atoms with Gasteiger partial charge in [-0.1, -0.05) is 24.3 Å². The highest BCUT2D eigenvalue weighted by Gasteiger charge is 2.07. The predicted octanol–water partition coefficient (Wildman–Crippen LogP) is 3.23. The van der Waals surface area contributed by atoms with Crippen molar-refractivity contribution in [2.75, 3.05) is 11.9 Å². The number of hydrogen-bond donors (Lipinski definition) is 2. The van der Waals surface area contributed by atoms with Crippen LogP contribution in [0.1, 0.15) is 0 Å². The van der Waals surface area contributed by atoms with E-state index in [0.717, 1.165) is 11.3 Å². The van der Waals surface area contributed by atoms with E-state index in [2.05, 4.69) is 15.3 Å². The van der Waals surface area contributed by atoms with Crippen molar-refractivity contribution in [2.45, 2.75) is 0 Å². The maximum absolute atomic E-state index is 13.4. The van der Waals surface area contributed by atoms with Crippen molar-refractivity contribution in [3.63, 3.8) is 0 Å². The van der Waals surface area contributed by atoms with Crippen molar-refractivity contribution in [3.8, 4) is 17.0 Å². The first-order valence-electron chi connectivity index (χ1n) is 6.98. The van der Waals surface area contributed by atoms with Crippen LogP contribution in [0.4, 0.5) is 10.1 Å². The van der Waals surface area contributed by atoms with Gasteiger partial charge in [-0.25, -0.2) is 9.37 Å². The summed E-state index contributed by atoms with van der Waals surface area (Å²) in [6, 6.07) is 13.3. The van der Waals surface area contributed by atoms with Gasteiger partial charge in [0.15, 0.2) is 18.2 Å². The fourth-order valence-electron chi connectivity index (χ4n) is 2.08. The van der Waals surface area contributed by atoms with Gasteiger partial charge in [0.2, 0.25) is 0 Å². The Morgan fingerprint density at radius 1 is 1.22 bits per heavy atom. The number of nitrogens with zero attached hydrogens (tertiary/aromatic N) is 1. The molecule has 2 N–H and O–H groups in total. The number of nitrogens with one attached hydrogen (secondary N) is 2. The molecule has 1 aromatic heterocycles. The normalized spacial score (nSPS) is 10.3. The molecule has 0 saturated heterocycles. The molecule has 1 amide bonds. The lowest BCUT2D eigenvalue weighted by Crippen LogP contribution is -2.20. The zero-order valence-corrected chi connectivity index (χ0v) is 12.1. The van der Waals surface area contributed by atoms with E-state index in [1.54, 1.807) is 30.7 Å². The number of H-pyrrole nitrogens is 1. The number of benzene rings is 2. The van der Waals surface area contributed by atoms with Crippen molar-refractivity contribution in [2.24, 2.45) is 0 Å². The molecule has 0 radical (unpaired) electrons. The van der Waals surface area contributed by atoms with E-state index >= 15 is 0 Å². The summed E-state index contributed by atoms with van der Waals surface area (Å²) in [5.74, 6) is -0.814. The number of halogens is 1. The Hall–Kier alpha value is -3.15. The maximum atomic E-state index is 13.4. The van der Waals surface area contributed by atoms with Gasteiger partial charge in [-0.2, -0.15) is 0 Å². The molecule has 0 atom stereocenters. The highest BCUT2D eigenvalue weighted by Crippen LogP contribution is 2.20. The van der Waals surface area contributed by atoms with Crippen molar-refractivity contribution in [3.05, 3.63) is 66.9 Å². The summed E-state index contributed by atoms with van der Waals surface area (Å²) >= 11 is 0. The highest BCUT2D eigenvalue weighted by molar-refractivity contribution is 5.92. The van der Waals surface area contributed by atoms with Gasteiger partial charge < -0.3 is 15.0 Å². The number of carbonyl (C=O) groups excluding carboxylic acids is 1. The summed E-state index contributed by atoms with van der Waals surface area (Å²) in [7, 11) is 0. The van der Waals surface area contributed by atoms with Crippen molar-refractivity contribution < 1.29 is 13.9 Å². The van der Waals surface area contributed by atoms with E-state index < -0.39 is 5.82 Å². The van der Waals surface area contributed by atoms with E-state index in [9.17, 15) is 9.18 Å². The number of para-hydroxylation sites is 1. The lowest BCUT2D eigenvalue weighted by molar-refractivity contribution is -0.118. The lowest BCUT2D eigenvalue weighted by atomic mass is 10.1. The number of carbonyl (C=O) groups is 1. The summed E-state index contributed by atoms with van der Waals surface area (Å²) in [6.45, 7) is -0.269. The van der Waals surface area contributed by atoms with Gasteiger partial charge >= 0.3 is 0 Å². The van der Waals surface area contributed by atoms with Crippen LogP contribution in [0, 0.1) is 5.82 Å². The summed E-state index contributed by atoms with van der Waals surface area (Å²) < 4.78 is 18.6. The van der Waals surface area contributed by atoms with Gasteiger partial charge in [0, 0.05) is 11.3 Å². The van der Waals surface area contributed by atoms with Gasteiger partial charge in [0.05, 0.1) is 18.2 Å². The van der Waals surface area contributed by atoms with E-state index in [0.29, 0.717) is 5.69 Å². The standard InChI is InChI=1S/C17H14FN3O2/c18-14-6-1-2-7-16(14)23-10-17(22)21-13-5-3-4-12(8-13)15-9-19-11-20-15/h1-9,11H,10H2,(H,19,20)(H,21,22). The Morgan fingerprint density at radius 3 is 2.87 bits per heavy atom. The number of amides is 1. The molecule has 0 spiro atoms. The minimum absolute atomic E-state index is 0.0499. The first-order valence-corrected chi connectivity index (χ1v) is 6.98. The van der Waals surface area contributed by atoms with E-state index in [-0.39, 0.29) is 18.3 Å². The quantitative estimate of drug-likeness (QED) is 0.760. The van der Waals surface area contributed by atoms with Gasteiger partial charge in [-0.3, -0.25) is 4.79 Å². The van der Waals surface area contributed by atoms with Crippen LogP contribution in [0.2, 0.25) is 0 Å². The molecule has 0 aliphatic rings. The second-order valence-electron chi connectivity index (χ2n) is 4.81. The Labute approximate surface area is 132 Å². The van der Waals surface area contributed by atoms with Crippen molar-refractivity contribution in [1.82, 2.24) is 9.97 Å². The predicted molar refractivity (Wildman–Crippen MR) is 84.5 cm³/mol. The number of hydrogen-bond acceptors (Lipinski definition) is 3. The zero-order valence-electron chi connectivity index (χ0n) is 12.1. The molecule has 3 aromatic rings. The molecule has 3 rings (SSSR count). The molecule has 0 unspecified atom stereocenters. The maximum Gasteiger partial charge on any atom is 0.262 e. The molecule has 0 bridgehead atoms. The van der Waals surface area contributed by atoms with Crippen LogP contribution in [-0.2, 0) is 4.79 Å². The number of aromatic amines is 1. The Morgan fingerprint density at radius 2 is 2.09 bits per heavy atom. The van der Waals surface area contributed by atoms with Crippen molar-refractivity contribution in [1.29, 1.82) is 0 Å². The Balaban J connectivity index is 1.62. The third kappa shape index (κ3) is 3.74. The van der Waals surface area contributed by atoms with Crippen LogP contribution in [0.5, 0.6) is 5.75 Å². The fraction of sp³-hybridized carbons (Fsp3) is 0.0588. The molecule has 23 heavy (non-hydrogen) atoms. The highest BCUT2D eigenvalue weighted by atomic mass is 19.1. The molecular weight excluding hydrogens is 297 g/mol. The molecule has 2 aromatic carbocycles. The van der Waals surface area contributed by atoms with E-state index in [1.807, 2.05) is 18.2 Å². The average Bonchev–Trinajstić information content (AvgIpc) is 3.09. The van der Waals surface area contributed by atoms with Gasteiger partial charge in [-0.05, 0) is 24.3 Å². The van der Waals surface area contributed by atoms with Crippen LogP contribution < -0.4 is 10.1 Å². The number of rotatable bonds is 5. The molecule has 116 valence electrons. The monoisotopic (exact) mass is 311 g/mol. The number of imidazole rings is 1. The Bertz CT molecular complexity index is 803. The zero-order chi connectivity index (χ0) is 16.1. The molecular formula is C17H14FN3O2. The molecule has 1 heterocycles. The summed E-state index contributed by atoms with van der Waals surface area (Å²) in [4.78, 5) is 18.9. The topological polar surface area (TPSA) is 67.0 Å². The third-order valence-electron chi connectivity index (χ3n) is 3.15. The lowest BCUT2D eigenvalue weighted by Gasteiger charge is -2.09. The average molecular weight is 311 g/mol. The summed E-state index contributed by atoms with van der Waals surface area (Å²) in [5.41, 5.74) is 2.37. The third-order valence-corrected chi connectivity index (χ3v) is 3.15. The van der Waals surface area contributed by atoms with Crippen LogP contribution in [0.25, 0.3) is 11.3 Å². The minimum atomic E-state index is -0.499. The van der Waals surface area contributed by atoms with Crippen molar-refractivity contribution >= 4 is 11.6 Å². The van der Waals surface area contributed by atoms with Crippen LogP contribution in [-0.4, -0.2) is 22.5 Å². The van der Waals surface area contributed by atoms with Gasteiger partial charge in [-0.15, -0.1) is 0 Å². The minimum Gasteiger partial charge on any atom is -0.481 e. The first-order chi connectivity index (χ1) is 11.2. The largest absolute Gasteiger partial charge is 0.481 e. The van der Waals surface area contributed by atoms with Gasteiger partial charge in [0.25, 0.3) is 5.91 Å². The second kappa shape index (κ2) is 6.74. The van der Waals surface area contributed by atoms with Crippen LogP contribution >= 0.6 is 0 Å². The van der Waals surface area contributed by atoms with Crippen LogP contribution in [0.15, 0.2) is 61.1 Å². The molecule has 6 heteroatoms. The molecule has 0 aliphatic carbocycles. The van der Waals surface area contributed by atoms with E-state index in [4.69, 9.17) is 4.74 Å². The molecule has 0 aliphatic heterocycles. The number of aromatic nitrogens is 2. The SMILES string of the molecule is O=C(COc1ccccc1F)Nc1cccc(-c2cnc[nH]2)c1. The van der Waals surface area contributed by atoms with Crippen LogP contribution in [0.3, 0.4) is 0 Å². The second-order valence-corrected chi connectivity index (χ2v) is 4.81. The smallest absolute Gasteiger partial charge is 0.262 e. The molecule has 0 saturated carbocycles. The van der Waals surface area contributed by atoms with Gasteiger partial charge in [0.1, 0.15) is 0 Å². The molecule has 5 nitrogen and oxygen atoms in total. The van der Waals surface area contributed by atoms with E-state index in [1.165, 1.54) is 12.1 Å². The first kappa shape index (κ1) is 14.8. The Kier molecular flexibility index (Phi) is 4.33. The number of ether oxygens (including phenoxy) is 1. The fourth-order valence-corrected chi connectivity index (χ4v) is 2.08.